The second-order valence-electron chi connectivity index (χ2n) is 6.89. The van der Waals surface area contributed by atoms with Gasteiger partial charge in [-0.1, -0.05) is 40.9 Å². The van der Waals surface area contributed by atoms with E-state index in [1.165, 1.54) is 12.2 Å². The van der Waals surface area contributed by atoms with E-state index in [9.17, 15) is 13.6 Å². The third kappa shape index (κ3) is 5.53. The normalized spacial score (nSPS) is 11.2. The highest BCUT2D eigenvalue weighted by atomic mass is 35.5. The number of carbonyl (C=O) groups excluding carboxylic acids is 1. The summed E-state index contributed by atoms with van der Waals surface area (Å²) in [4.78, 5) is 16.4. The Morgan fingerprint density at radius 1 is 1.00 bits per heavy atom. The summed E-state index contributed by atoms with van der Waals surface area (Å²) in [6, 6.07) is 11.5. The highest BCUT2D eigenvalue weighted by Gasteiger charge is 2.16. The molecule has 0 fully saturated rings. The first-order chi connectivity index (χ1) is 16.2. The topological polar surface area (TPSA) is 67.2 Å². The Balaban J connectivity index is 1.45. The number of halogens is 5. The summed E-state index contributed by atoms with van der Waals surface area (Å²) in [5.41, 5.74) is 2.04. The summed E-state index contributed by atoms with van der Waals surface area (Å²) in [6.07, 6.45) is 2.81. The van der Waals surface area contributed by atoms with E-state index >= 15 is 0 Å². The molecular weight excluding hydrogens is 527 g/mol. The fraction of sp³-hybridized carbons (Fsp3) is 0. The van der Waals surface area contributed by atoms with Gasteiger partial charge in [0.15, 0.2) is 22.3 Å². The van der Waals surface area contributed by atoms with Gasteiger partial charge in [0.05, 0.1) is 10.6 Å². The Morgan fingerprint density at radius 3 is 2.53 bits per heavy atom. The number of fused-ring (bicyclic) bond motifs is 1. The molecule has 1 amide bonds. The van der Waals surface area contributed by atoms with Crippen molar-refractivity contribution in [3.63, 3.8) is 0 Å². The van der Waals surface area contributed by atoms with Crippen molar-refractivity contribution < 1.29 is 18.0 Å². The smallest absolute Gasteiger partial charge is 0.250 e. The quantitative estimate of drug-likeness (QED) is 0.163. The lowest BCUT2D eigenvalue weighted by atomic mass is 10.2. The Morgan fingerprint density at radius 2 is 1.76 bits per heavy atom. The number of thiocarbonyl (C=S) groups is 1. The van der Waals surface area contributed by atoms with Gasteiger partial charge >= 0.3 is 0 Å². The molecule has 172 valence electrons. The van der Waals surface area contributed by atoms with E-state index in [0.717, 1.165) is 12.1 Å². The lowest BCUT2D eigenvalue weighted by molar-refractivity contribution is -0.115. The lowest BCUT2D eigenvalue weighted by Crippen LogP contribution is -2.32. The summed E-state index contributed by atoms with van der Waals surface area (Å²) in [5.74, 6) is -2.59. The molecule has 11 heteroatoms. The minimum absolute atomic E-state index is 0.0259. The molecule has 2 N–H and O–H groups in total. The van der Waals surface area contributed by atoms with Crippen molar-refractivity contribution in [2.75, 3.05) is 5.32 Å². The summed E-state index contributed by atoms with van der Waals surface area (Å²) < 4.78 is 32.6. The average molecular weight is 539 g/mol. The van der Waals surface area contributed by atoms with Crippen LogP contribution < -0.4 is 10.6 Å². The average Bonchev–Trinajstić information content (AvgIpc) is 3.18. The Labute approximate surface area is 212 Å². The van der Waals surface area contributed by atoms with Gasteiger partial charge in [-0.3, -0.25) is 10.1 Å². The van der Waals surface area contributed by atoms with Gasteiger partial charge in [0, 0.05) is 21.8 Å². The first-order valence-corrected chi connectivity index (χ1v) is 11.0. The minimum Gasteiger partial charge on any atom is -0.436 e. The number of hydrogen-bond donors (Lipinski definition) is 2. The zero-order valence-electron chi connectivity index (χ0n) is 16.8. The maximum absolute atomic E-state index is 13.6. The number of aromatic nitrogens is 1. The standard InChI is InChI=1S/C23H12Cl3F2N3O2S/c24-12-3-1-11(15(25)7-12)2-6-21(32)31-23(34)29-13-4-5-20-19(8-13)30-22(33-20)14-9-17(27)18(28)10-16(14)26/h1-10H,(H2,29,31,32,34)/b6-2+. The second kappa shape index (κ2) is 10.1. The molecule has 5 nitrogen and oxygen atoms in total. The Bertz CT molecular complexity index is 1470. The molecule has 0 saturated heterocycles. The van der Waals surface area contributed by atoms with Crippen LogP contribution in [0.4, 0.5) is 14.5 Å². The van der Waals surface area contributed by atoms with E-state index in [4.69, 9.17) is 51.4 Å². The number of nitrogens with one attached hydrogen (secondary N) is 2. The van der Waals surface area contributed by atoms with Crippen molar-refractivity contribution in [2.24, 2.45) is 0 Å². The van der Waals surface area contributed by atoms with E-state index in [-0.39, 0.29) is 21.6 Å². The zero-order valence-corrected chi connectivity index (χ0v) is 19.9. The first kappa shape index (κ1) is 24.1. The van der Waals surface area contributed by atoms with Crippen LogP contribution in [0.3, 0.4) is 0 Å². The van der Waals surface area contributed by atoms with Crippen LogP contribution in [0.5, 0.6) is 0 Å². The molecule has 4 aromatic rings. The highest BCUT2D eigenvalue weighted by Crippen LogP contribution is 2.32. The van der Waals surface area contributed by atoms with Crippen molar-refractivity contribution in [1.29, 1.82) is 0 Å². The fourth-order valence-electron chi connectivity index (χ4n) is 2.92. The van der Waals surface area contributed by atoms with Crippen molar-refractivity contribution >= 4 is 80.9 Å². The van der Waals surface area contributed by atoms with Crippen LogP contribution in [0.25, 0.3) is 28.6 Å². The molecule has 0 unspecified atom stereocenters. The molecule has 0 radical (unpaired) electrons. The number of amides is 1. The molecule has 3 aromatic carbocycles. The van der Waals surface area contributed by atoms with Crippen molar-refractivity contribution in [3.05, 3.63) is 86.9 Å². The molecule has 0 aliphatic rings. The largest absolute Gasteiger partial charge is 0.436 e. The Kier molecular flexibility index (Phi) is 7.13. The van der Waals surface area contributed by atoms with Crippen molar-refractivity contribution in [3.8, 4) is 11.5 Å². The molecule has 1 aromatic heterocycles. The summed E-state index contributed by atoms with van der Waals surface area (Å²) in [5, 5.41) is 6.27. The number of carbonyl (C=O) groups is 1. The molecule has 34 heavy (non-hydrogen) atoms. The maximum atomic E-state index is 13.6. The number of nitrogens with zero attached hydrogens (tertiary/aromatic N) is 1. The van der Waals surface area contributed by atoms with Gasteiger partial charge in [-0.15, -0.1) is 0 Å². The number of rotatable bonds is 4. The minimum atomic E-state index is -1.07. The second-order valence-corrected chi connectivity index (χ2v) is 8.55. The summed E-state index contributed by atoms with van der Waals surface area (Å²) in [7, 11) is 0. The molecule has 0 spiro atoms. The molecule has 0 aliphatic heterocycles. The zero-order chi connectivity index (χ0) is 24.4. The number of oxazole rings is 1. The summed E-state index contributed by atoms with van der Waals surface area (Å²) in [6.45, 7) is 0. The SMILES string of the molecule is O=C(/C=C/c1ccc(Cl)cc1Cl)NC(=S)Nc1ccc2oc(-c3cc(F)c(F)cc3Cl)nc2c1. The van der Waals surface area contributed by atoms with Crippen LogP contribution in [-0.2, 0) is 4.79 Å². The van der Waals surface area contributed by atoms with Crippen LogP contribution in [0.2, 0.25) is 15.1 Å². The van der Waals surface area contributed by atoms with Crippen molar-refractivity contribution in [2.45, 2.75) is 0 Å². The molecule has 0 saturated carbocycles. The predicted octanol–water partition coefficient (Wildman–Crippen LogP) is 7.26. The van der Waals surface area contributed by atoms with Crippen LogP contribution in [0.15, 0.2) is 59.0 Å². The Hall–Kier alpha value is -3.04. The first-order valence-electron chi connectivity index (χ1n) is 9.50. The van der Waals surface area contributed by atoms with Gasteiger partial charge in [-0.05, 0) is 66.3 Å². The van der Waals surface area contributed by atoms with E-state index in [2.05, 4.69) is 15.6 Å². The lowest BCUT2D eigenvalue weighted by Gasteiger charge is -2.07. The van der Waals surface area contributed by atoms with Crippen LogP contribution in [0, 0.1) is 11.6 Å². The van der Waals surface area contributed by atoms with Gasteiger partial charge in [0.25, 0.3) is 0 Å². The summed E-state index contributed by atoms with van der Waals surface area (Å²) >= 11 is 23.1. The van der Waals surface area contributed by atoms with Gasteiger partial charge in [0.2, 0.25) is 11.8 Å². The monoisotopic (exact) mass is 537 g/mol. The molecule has 0 atom stereocenters. The molecule has 0 bridgehead atoms. The van der Waals surface area contributed by atoms with Gasteiger partial charge in [-0.25, -0.2) is 13.8 Å². The number of anilines is 1. The van der Waals surface area contributed by atoms with E-state index in [1.54, 1.807) is 36.4 Å². The van der Waals surface area contributed by atoms with E-state index in [1.807, 2.05) is 0 Å². The number of benzene rings is 3. The van der Waals surface area contributed by atoms with Crippen LogP contribution >= 0.6 is 47.0 Å². The molecular formula is C23H12Cl3F2N3O2S. The van der Waals surface area contributed by atoms with Gasteiger partial charge in [-0.2, -0.15) is 0 Å². The van der Waals surface area contributed by atoms with E-state index in [0.29, 0.717) is 32.4 Å². The molecule has 1 heterocycles. The third-order valence-electron chi connectivity index (χ3n) is 4.50. The van der Waals surface area contributed by atoms with E-state index < -0.39 is 17.5 Å². The van der Waals surface area contributed by atoms with Gasteiger partial charge in [0.1, 0.15) is 5.52 Å². The highest BCUT2D eigenvalue weighted by molar-refractivity contribution is 7.80. The molecule has 0 aliphatic carbocycles. The van der Waals surface area contributed by atoms with Crippen molar-refractivity contribution in [1.82, 2.24) is 10.3 Å². The fourth-order valence-corrected chi connectivity index (χ4v) is 3.85. The van der Waals surface area contributed by atoms with Crippen LogP contribution in [0.1, 0.15) is 5.56 Å². The maximum Gasteiger partial charge on any atom is 0.250 e. The number of hydrogen-bond acceptors (Lipinski definition) is 4. The molecule has 4 rings (SSSR count). The third-order valence-corrected chi connectivity index (χ3v) is 5.58. The van der Waals surface area contributed by atoms with Gasteiger partial charge < -0.3 is 9.73 Å². The predicted molar refractivity (Wildman–Crippen MR) is 134 cm³/mol. The van der Waals surface area contributed by atoms with Crippen LogP contribution in [-0.4, -0.2) is 16.0 Å².